The van der Waals surface area contributed by atoms with E-state index in [4.69, 9.17) is 4.74 Å². The third-order valence-electron chi connectivity index (χ3n) is 2.84. The molecule has 0 saturated heterocycles. The SMILES string of the molecule is COCc1c(Br)cccc1NCc1ccc(C)cn1. The molecule has 0 atom stereocenters. The van der Waals surface area contributed by atoms with Gasteiger partial charge < -0.3 is 10.1 Å². The summed E-state index contributed by atoms with van der Waals surface area (Å²) >= 11 is 3.55. The van der Waals surface area contributed by atoms with Gasteiger partial charge in [0.2, 0.25) is 0 Å². The Morgan fingerprint density at radius 3 is 2.79 bits per heavy atom. The molecule has 3 nitrogen and oxygen atoms in total. The predicted molar refractivity (Wildman–Crippen MR) is 81.2 cm³/mol. The van der Waals surface area contributed by atoms with Crippen LogP contribution in [-0.2, 0) is 17.9 Å². The minimum atomic E-state index is 0.574. The average molecular weight is 321 g/mol. The molecular formula is C15H17BrN2O. The number of rotatable bonds is 5. The van der Waals surface area contributed by atoms with Crippen molar-refractivity contribution >= 4 is 21.6 Å². The molecule has 2 rings (SSSR count). The first-order chi connectivity index (χ1) is 9.20. The second kappa shape index (κ2) is 6.68. The van der Waals surface area contributed by atoms with E-state index in [9.17, 15) is 0 Å². The van der Waals surface area contributed by atoms with Crippen LogP contribution in [-0.4, -0.2) is 12.1 Å². The van der Waals surface area contributed by atoms with Crippen LogP contribution in [0.2, 0.25) is 0 Å². The number of aryl methyl sites for hydroxylation is 1. The summed E-state index contributed by atoms with van der Waals surface area (Å²) in [6.45, 7) is 3.31. The molecule has 100 valence electrons. The van der Waals surface area contributed by atoms with Gasteiger partial charge >= 0.3 is 0 Å². The molecule has 1 N–H and O–H groups in total. The third-order valence-corrected chi connectivity index (χ3v) is 3.58. The summed E-state index contributed by atoms with van der Waals surface area (Å²) in [5.74, 6) is 0. The number of nitrogens with one attached hydrogen (secondary N) is 1. The maximum Gasteiger partial charge on any atom is 0.0744 e. The molecule has 0 spiro atoms. The van der Waals surface area contributed by atoms with Gasteiger partial charge in [0.15, 0.2) is 0 Å². The Balaban J connectivity index is 2.10. The fourth-order valence-corrected chi connectivity index (χ4v) is 2.28. The standard InChI is InChI=1S/C15H17BrN2O/c1-11-6-7-12(17-8-11)9-18-15-5-3-4-14(16)13(15)10-19-2/h3-8,18H,9-10H2,1-2H3. The summed E-state index contributed by atoms with van der Waals surface area (Å²) in [6.07, 6.45) is 1.88. The highest BCUT2D eigenvalue weighted by atomic mass is 79.9. The van der Waals surface area contributed by atoms with Crippen molar-refractivity contribution in [2.24, 2.45) is 0 Å². The molecule has 0 unspecified atom stereocenters. The quantitative estimate of drug-likeness (QED) is 0.906. The van der Waals surface area contributed by atoms with Crippen molar-refractivity contribution < 1.29 is 4.74 Å². The minimum Gasteiger partial charge on any atom is -0.380 e. The van der Waals surface area contributed by atoms with Gasteiger partial charge in [0.1, 0.15) is 0 Å². The van der Waals surface area contributed by atoms with Gasteiger partial charge in [-0.15, -0.1) is 0 Å². The van der Waals surface area contributed by atoms with E-state index in [1.165, 1.54) is 5.56 Å². The maximum atomic E-state index is 5.23. The van der Waals surface area contributed by atoms with Gasteiger partial charge in [0.25, 0.3) is 0 Å². The van der Waals surface area contributed by atoms with Crippen LogP contribution in [0.3, 0.4) is 0 Å². The lowest BCUT2D eigenvalue weighted by Gasteiger charge is -2.13. The van der Waals surface area contributed by atoms with Crippen LogP contribution in [0.4, 0.5) is 5.69 Å². The molecule has 0 aliphatic rings. The summed E-state index contributed by atoms with van der Waals surface area (Å²) in [4.78, 5) is 4.39. The maximum absolute atomic E-state index is 5.23. The second-order valence-corrected chi connectivity index (χ2v) is 5.23. The first-order valence-electron chi connectivity index (χ1n) is 6.12. The lowest BCUT2D eigenvalue weighted by molar-refractivity contribution is 0.185. The normalized spacial score (nSPS) is 10.5. The Morgan fingerprint density at radius 2 is 2.11 bits per heavy atom. The first kappa shape index (κ1) is 14.0. The Bertz CT molecular complexity index is 540. The number of nitrogens with zero attached hydrogens (tertiary/aromatic N) is 1. The van der Waals surface area contributed by atoms with Crippen LogP contribution in [0, 0.1) is 6.92 Å². The number of halogens is 1. The van der Waals surface area contributed by atoms with E-state index >= 15 is 0 Å². The van der Waals surface area contributed by atoms with Crippen molar-refractivity contribution in [3.8, 4) is 0 Å². The number of benzene rings is 1. The Morgan fingerprint density at radius 1 is 1.26 bits per heavy atom. The fraction of sp³-hybridized carbons (Fsp3) is 0.267. The lowest BCUT2D eigenvalue weighted by atomic mass is 10.2. The molecule has 0 saturated carbocycles. The highest BCUT2D eigenvalue weighted by molar-refractivity contribution is 9.10. The lowest BCUT2D eigenvalue weighted by Crippen LogP contribution is -2.05. The van der Waals surface area contributed by atoms with Gasteiger partial charge in [-0.1, -0.05) is 28.1 Å². The number of aromatic nitrogens is 1. The molecule has 0 bridgehead atoms. The minimum absolute atomic E-state index is 0.574. The van der Waals surface area contributed by atoms with Crippen molar-refractivity contribution in [1.82, 2.24) is 4.98 Å². The van der Waals surface area contributed by atoms with Gasteiger partial charge in [0, 0.05) is 29.0 Å². The van der Waals surface area contributed by atoms with Crippen LogP contribution in [0.1, 0.15) is 16.8 Å². The number of hydrogen-bond acceptors (Lipinski definition) is 3. The monoisotopic (exact) mass is 320 g/mol. The number of anilines is 1. The molecule has 4 heteroatoms. The second-order valence-electron chi connectivity index (χ2n) is 4.38. The number of pyridine rings is 1. The van der Waals surface area contributed by atoms with E-state index in [1.54, 1.807) is 7.11 Å². The van der Waals surface area contributed by atoms with Crippen LogP contribution in [0.15, 0.2) is 41.0 Å². The van der Waals surface area contributed by atoms with Crippen molar-refractivity contribution in [3.05, 3.63) is 57.8 Å². The zero-order chi connectivity index (χ0) is 13.7. The summed E-state index contributed by atoms with van der Waals surface area (Å²) in [5, 5.41) is 3.40. The Labute approximate surface area is 122 Å². The molecular weight excluding hydrogens is 304 g/mol. The summed E-state index contributed by atoms with van der Waals surface area (Å²) < 4.78 is 6.28. The molecule has 2 aromatic rings. The van der Waals surface area contributed by atoms with E-state index < -0.39 is 0 Å². The van der Waals surface area contributed by atoms with Crippen LogP contribution in [0.5, 0.6) is 0 Å². The number of methoxy groups -OCH3 is 1. The Kier molecular flexibility index (Phi) is 4.93. The fourth-order valence-electron chi connectivity index (χ4n) is 1.80. The molecule has 19 heavy (non-hydrogen) atoms. The topological polar surface area (TPSA) is 34.1 Å². The van der Waals surface area contributed by atoms with E-state index in [2.05, 4.69) is 32.3 Å². The predicted octanol–water partition coefficient (Wildman–Crippen LogP) is 3.91. The highest BCUT2D eigenvalue weighted by Crippen LogP contribution is 2.25. The summed E-state index contributed by atoms with van der Waals surface area (Å²) in [6, 6.07) is 10.2. The van der Waals surface area contributed by atoms with Crippen LogP contribution < -0.4 is 5.32 Å². The molecule has 0 aliphatic carbocycles. The van der Waals surface area contributed by atoms with Crippen molar-refractivity contribution in [3.63, 3.8) is 0 Å². The van der Waals surface area contributed by atoms with E-state index in [0.717, 1.165) is 21.4 Å². The average Bonchev–Trinajstić information content (AvgIpc) is 2.41. The summed E-state index contributed by atoms with van der Waals surface area (Å²) in [7, 11) is 1.70. The van der Waals surface area contributed by atoms with Crippen molar-refractivity contribution in [1.29, 1.82) is 0 Å². The zero-order valence-corrected chi connectivity index (χ0v) is 12.7. The van der Waals surface area contributed by atoms with Gasteiger partial charge in [-0.05, 0) is 30.7 Å². The van der Waals surface area contributed by atoms with E-state index in [1.807, 2.05) is 37.4 Å². The summed E-state index contributed by atoms with van der Waals surface area (Å²) in [5.41, 5.74) is 4.39. The zero-order valence-electron chi connectivity index (χ0n) is 11.1. The van der Waals surface area contributed by atoms with Gasteiger partial charge in [-0.2, -0.15) is 0 Å². The highest BCUT2D eigenvalue weighted by Gasteiger charge is 2.06. The van der Waals surface area contributed by atoms with Crippen molar-refractivity contribution in [2.45, 2.75) is 20.1 Å². The molecule has 1 aromatic carbocycles. The van der Waals surface area contributed by atoms with Gasteiger partial charge in [0.05, 0.1) is 18.8 Å². The van der Waals surface area contributed by atoms with Crippen molar-refractivity contribution in [2.75, 3.05) is 12.4 Å². The number of ether oxygens (including phenoxy) is 1. The smallest absolute Gasteiger partial charge is 0.0744 e. The number of hydrogen-bond donors (Lipinski definition) is 1. The van der Waals surface area contributed by atoms with Crippen LogP contribution in [0.25, 0.3) is 0 Å². The largest absolute Gasteiger partial charge is 0.380 e. The molecule has 1 aromatic heterocycles. The Hall–Kier alpha value is -1.39. The third kappa shape index (κ3) is 3.78. The first-order valence-corrected chi connectivity index (χ1v) is 6.91. The molecule has 0 amide bonds. The van der Waals surface area contributed by atoms with E-state index in [0.29, 0.717) is 13.2 Å². The molecule has 0 aliphatic heterocycles. The van der Waals surface area contributed by atoms with Crippen LogP contribution >= 0.6 is 15.9 Å². The van der Waals surface area contributed by atoms with Gasteiger partial charge in [-0.25, -0.2) is 0 Å². The van der Waals surface area contributed by atoms with E-state index in [-0.39, 0.29) is 0 Å². The van der Waals surface area contributed by atoms with Gasteiger partial charge in [-0.3, -0.25) is 4.98 Å². The molecule has 0 fully saturated rings. The molecule has 0 radical (unpaired) electrons. The molecule has 1 heterocycles.